The van der Waals surface area contributed by atoms with Crippen LogP contribution < -0.4 is 10.2 Å². The Kier molecular flexibility index (Phi) is 4.48. The second-order valence-electron chi connectivity index (χ2n) is 4.30. The number of nitriles is 1. The van der Waals surface area contributed by atoms with Crippen LogP contribution in [0.25, 0.3) is 0 Å². The number of hydrogen-bond acceptors (Lipinski definition) is 3. The molecule has 0 spiro atoms. The molecule has 1 fully saturated rings. The van der Waals surface area contributed by atoms with Crippen molar-refractivity contribution >= 4 is 40.7 Å². The minimum Gasteiger partial charge on any atom is -0.342 e. The molecule has 2 rings (SSSR count). The molecule has 1 aliphatic heterocycles. The number of amides is 2. The van der Waals surface area contributed by atoms with Gasteiger partial charge in [-0.05, 0) is 24.6 Å². The Hall–Kier alpha value is -1.77. The zero-order valence-electron chi connectivity index (χ0n) is 10.4. The first-order valence-electron chi connectivity index (χ1n) is 5.95. The highest BCUT2D eigenvalue weighted by atomic mass is 35.5. The van der Waals surface area contributed by atoms with E-state index in [4.69, 9.17) is 28.5 Å². The third-order valence-electron chi connectivity index (χ3n) is 3.06. The largest absolute Gasteiger partial charge is 0.342 e. The number of hydrogen-bond donors (Lipinski definition) is 1. The highest BCUT2D eigenvalue weighted by Gasteiger charge is 2.38. The topological polar surface area (TPSA) is 73.2 Å². The summed E-state index contributed by atoms with van der Waals surface area (Å²) in [6.07, 6.45) is 0.388. The first-order valence-corrected chi connectivity index (χ1v) is 6.71. The summed E-state index contributed by atoms with van der Waals surface area (Å²) in [6, 6.07) is 6.63. The van der Waals surface area contributed by atoms with Gasteiger partial charge < -0.3 is 10.2 Å². The maximum atomic E-state index is 12.3. The first kappa shape index (κ1) is 14.6. The molecule has 7 heteroatoms. The third-order valence-corrected chi connectivity index (χ3v) is 3.62. The van der Waals surface area contributed by atoms with Crippen LogP contribution in [0.2, 0.25) is 10.0 Å². The summed E-state index contributed by atoms with van der Waals surface area (Å²) >= 11 is 12.0. The number of nitrogens with one attached hydrogen (secondary N) is 1. The molecular formula is C13H11Cl2N3O2. The Morgan fingerprint density at radius 1 is 1.50 bits per heavy atom. The predicted octanol–water partition coefficient (Wildman–Crippen LogP) is 1.99. The van der Waals surface area contributed by atoms with Crippen LogP contribution in [-0.2, 0) is 9.59 Å². The van der Waals surface area contributed by atoms with E-state index in [1.54, 1.807) is 24.3 Å². The Labute approximate surface area is 126 Å². The van der Waals surface area contributed by atoms with E-state index in [9.17, 15) is 9.59 Å². The highest BCUT2D eigenvalue weighted by molar-refractivity contribution is 6.36. The Morgan fingerprint density at radius 3 is 2.95 bits per heavy atom. The summed E-state index contributed by atoms with van der Waals surface area (Å²) in [6.45, 7) is 0.282. The van der Waals surface area contributed by atoms with Gasteiger partial charge in [0.05, 0.1) is 16.8 Å². The van der Waals surface area contributed by atoms with Crippen molar-refractivity contribution in [3.63, 3.8) is 0 Å². The molecule has 1 aromatic rings. The molecule has 0 radical (unpaired) electrons. The maximum absolute atomic E-state index is 12.3. The van der Waals surface area contributed by atoms with Crippen LogP contribution in [0.15, 0.2) is 18.2 Å². The SMILES string of the molecule is N#CCNC(=O)C1CCN(c2cc(Cl)ccc2Cl)C1=O. The molecule has 1 heterocycles. The highest BCUT2D eigenvalue weighted by Crippen LogP contribution is 2.33. The monoisotopic (exact) mass is 311 g/mol. The average molecular weight is 312 g/mol. The van der Waals surface area contributed by atoms with E-state index in [0.29, 0.717) is 28.7 Å². The van der Waals surface area contributed by atoms with Crippen molar-refractivity contribution in [3.05, 3.63) is 28.2 Å². The van der Waals surface area contributed by atoms with Gasteiger partial charge in [0.2, 0.25) is 11.8 Å². The van der Waals surface area contributed by atoms with Gasteiger partial charge in [-0.25, -0.2) is 0 Å². The molecule has 2 amide bonds. The quantitative estimate of drug-likeness (QED) is 0.685. The van der Waals surface area contributed by atoms with E-state index >= 15 is 0 Å². The summed E-state index contributed by atoms with van der Waals surface area (Å²) in [5.41, 5.74) is 0.500. The lowest BCUT2D eigenvalue weighted by atomic mass is 10.1. The van der Waals surface area contributed by atoms with Gasteiger partial charge in [-0.15, -0.1) is 0 Å². The average Bonchev–Trinajstić information content (AvgIpc) is 2.80. The normalized spacial score (nSPS) is 17.9. The first-order chi connectivity index (χ1) is 9.54. The summed E-state index contributed by atoms with van der Waals surface area (Å²) in [4.78, 5) is 25.5. The minimum absolute atomic E-state index is 0.111. The van der Waals surface area contributed by atoms with Crippen molar-refractivity contribution in [1.82, 2.24) is 5.32 Å². The summed E-state index contributed by atoms with van der Waals surface area (Å²) in [5.74, 6) is -1.54. The molecular weight excluding hydrogens is 301 g/mol. The third kappa shape index (κ3) is 2.87. The van der Waals surface area contributed by atoms with E-state index in [-0.39, 0.29) is 12.5 Å². The summed E-state index contributed by atoms with van der Waals surface area (Å²) in [5, 5.41) is 11.7. The zero-order valence-corrected chi connectivity index (χ0v) is 11.9. The number of carbonyl (C=O) groups is 2. The maximum Gasteiger partial charge on any atom is 0.239 e. The van der Waals surface area contributed by atoms with Crippen LogP contribution >= 0.6 is 23.2 Å². The molecule has 1 saturated heterocycles. The fourth-order valence-electron chi connectivity index (χ4n) is 2.10. The Bertz CT molecular complexity index is 598. The van der Waals surface area contributed by atoms with Gasteiger partial charge in [0.25, 0.3) is 0 Å². The molecule has 1 atom stereocenters. The number of anilines is 1. The van der Waals surface area contributed by atoms with E-state index in [1.807, 2.05) is 0 Å². The van der Waals surface area contributed by atoms with E-state index in [1.165, 1.54) is 4.90 Å². The fraction of sp³-hybridized carbons (Fsp3) is 0.308. The Balaban J connectivity index is 2.17. The van der Waals surface area contributed by atoms with Crippen LogP contribution in [-0.4, -0.2) is 24.9 Å². The molecule has 1 unspecified atom stereocenters. The lowest BCUT2D eigenvalue weighted by Crippen LogP contribution is -2.37. The number of halogens is 2. The van der Waals surface area contributed by atoms with Gasteiger partial charge in [0.15, 0.2) is 0 Å². The van der Waals surface area contributed by atoms with Crippen LogP contribution in [0.5, 0.6) is 0 Å². The van der Waals surface area contributed by atoms with Crippen LogP contribution in [0.4, 0.5) is 5.69 Å². The minimum atomic E-state index is -0.779. The fourth-order valence-corrected chi connectivity index (χ4v) is 2.49. The smallest absolute Gasteiger partial charge is 0.239 e. The number of benzene rings is 1. The van der Waals surface area contributed by atoms with Crippen LogP contribution in [0.1, 0.15) is 6.42 Å². The lowest BCUT2D eigenvalue weighted by Gasteiger charge is -2.18. The Morgan fingerprint density at radius 2 is 2.25 bits per heavy atom. The van der Waals surface area contributed by atoms with Crippen molar-refractivity contribution in [1.29, 1.82) is 5.26 Å². The molecule has 1 N–H and O–H groups in total. The number of carbonyl (C=O) groups excluding carboxylic acids is 2. The lowest BCUT2D eigenvalue weighted by molar-refractivity contribution is -0.131. The molecule has 1 aromatic carbocycles. The molecule has 5 nitrogen and oxygen atoms in total. The molecule has 0 bridgehead atoms. The molecule has 0 aromatic heterocycles. The van der Waals surface area contributed by atoms with E-state index in [2.05, 4.69) is 5.32 Å². The van der Waals surface area contributed by atoms with Gasteiger partial charge in [0.1, 0.15) is 12.5 Å². The predicted molar refractivity (Wildman–Crippen MR) is 75.5 cm³/mol. The van der Waals surface area contributed by atoms with Crippen LogP contribution in [0, 0.1) is 17.2 Å². The van der Waals surface area contributed by atoms with Gasteiger partial charge in [0, 0.05) is 11.6 Å². The zero-order chi connectivity index (χ0) is 14.7. The summed E-state index contributed by atoms with van der Waals surface area (Å²) in [7, 11) is 0. The number of nitrogens with zero attached hydrogens (tertiary/aromatic N) is 2. The van der Waals surface area contributed by atoms with Crippen molar-refractivity contribution in [3.8, 4) is 6.07 Å². The standard InChI is InChI=1S/C13H11Cl2N3O2/c14-8-1-2-10(15)11(7-8)18-6-3-9(13(18)20)12(19)17-5-4-16/h1-2,7,9H,3,5-6H2,(H,17,19). The molecule has 0 saturated carbocycles. The van der Waals surface area contributed by atoms with Gasteiger partial charge in [-0.2, -0.15) is 5.26 Å². The van der Waals surface area contributed by atoms with Gasteiger partial charge >= 0.3 is 0 Å². The molecule has 0 aliphatic carbocycles. The van der Waals surface area contributed by atoms with Crippen molar-refractivity contribution in [2.24, 2.45) is 5.92 Å². The van der Waals surface area contributed by atoms with Gasteiger partial charge in [-0.3, -0.25) is 9.59 Å². The molecule has 20 heavy (non-hydrogen) atoms. The van der Waals surface area contributed by atoms with Crippen molar-refractivity contribution in [2.75, 3.05) is 18.0 Å². The number of rotatable bonds is 3. The second kappa shape index (κ2) is 6.12. The second-order valence-corrected chi connectivity index (χ2v) is 5.15. The van der Waals surface area contributed by atoms with Crippen molar-refractivity contribution < 1.29 is 9.59 Å². The molecule has 104 valence electrons. The summed E-state index contributed by atoms with van der Waals surface area (Å²) < 4.78 is 0. The van der Waals surface area contributed by atoms with E-state index in [0.717, 1.165) is 0 Å². The van der Waals surface area contributed by atoms with Crippen molar-refractivity contribution in [2.45, 2.75) is 6.42 Å². The van der Waals surface area contributed by atoms with Crippen LogP contribution in [0.3, 0.4) is 0 Å². The molecule has 1 aliphatic rings. The van der Waals surface area contributed by atoms with Gasteiger partial charge in [-0.1, -0.05) is 23.2 Å². The van der Waals surface area contributed by atoms with E-state index < -0.39 is 11.8 Å².